The van der Waals surface area contributed by atoms with Crippen LogP contribution in [0.5, 0.6) is 5.75 Å². The van der Waals surface area contributed by atoms with E-state index in [1.54, 1.807) is 36.7 Å². The number of aromatic nitrogens is 1. The molecule has 0 aliphatic rings. The molecule has 2 nitrogen and oxygen atoms in total. The van der Waals surface area contributed by atoms with Crippen molar-refractivity contribution >= 4 is 23.2 Å². The Balaban J connectivity index is 2.25. The van der Waals surface area contributed by atoms with Gasteiger partial charge in [-0.3, -0.25) is 0 Å². The summed E-state index contributed by atoms with van der Waals surface area (Å²) in [4.78, 5) is 5.40. The first kappa shape index (κ1) is 9.44. The first-order chi connectivity index (χ1) is 6.75. The predicted molar refractivity (Wildman–Crippen MR) is 55.8 cm³/mol. The van der Waals surface area contributed by atoms with Crippen molar-refractivity contribution in [2.24, 2.45) is 0 Å². The molecule has 1 radical (unpaired) electrons. The van der Waals surface area contributed by atoms with Crippen LogP contribution in [0.4, 0.5) is 0 Å². The molecular formula is C10H6Cl2NO. The van der Waals surface area contributed by atoms with Crippen LogP contribution in [-0.2, 0) is 0 Å². The van der Waals surface area contributed by atoms with Crippen molar-refractivity contribution in [2.45, 2.75) is 0 Å². The Morgan fingerprint density at radius 3 is 2.79 bits per heavy atom. The van der Waals surface area contributed by atoms with E-state index in [-0.39, 0.29) is 0 Å². The van der Waals surface area contributed by atoms with Crippen LogP contribution in [-0.4, -0.2) is 4.73 Å². The van der Waals surface area contributed by atoms with Crippen molar-refractivity contribution in [3.05, 3.63) is 52.8 Å². The van der Waals surface area contributed by atoms with E-state index >= 15 is 0 Å². The van der Waals surface area contributed by atoms with Gasteiger partial charge in [0.25, 0.3) is 0 Å². The highest BCUT2D eigenvalue weighted by Gasteiger charge is 2.02. The first-order valence-electron chi connectivity index (χ1n) is 3.93. The molecule has 2 aromatic rings. The molecule has 0 spiro atoms. The molecule has 2 rings (SSSR count). The van der Waals surface area contributed by atoms with Crippen LogP contribution < -0.4 is 4.84 Å². The van der Waals surface area contributed by atoms with Crippen LogP contribution in [0.25, 0.3) is 0 Å². The molecule has 1 aromatic carbocycles. The van der Waals surface area contributed by atoms with Crippen molar-refractivity contribution < 1.29 is 4.84 Å². The molecule has 14 heavy (non-hydrogen) atoms. The van der Waals surface area contributed by atoms with Crippen LogP contribution in [0, 0.1) is 6.07 Å². The maximum atomic E-state index is 5.91. The normalized spacial score (nSPS) is 10.1. The average Bonchev–Trinajstić information content (AvgIpc) is 2.62. The maximum absolute atomic E-state index is 5.91. The van der Waals surface area contributed by atoms with Crippen molar-refractivity contribution in [1.82, 2.24) is 4.73 Å². The van der Waals surface area contributed by atoms with Gasteiger partial charge in [0, 0.05) is 17.3 Å². The molecule has 0 unspecified atom stereocenters. The second-order valence-corrected chi connectivity index (χ2v) is 3.48. The standard InChI is InChI=1S/C10H6Cl2NO/c11-8-3-4-10(9(12)7-8)14-13-5-1-2-6-13/h1,3-7H. The molecule has 0 fully saturated rings. The molecule has 0 aliphatic heterocycles. The highest BCUT2D eigenvalue weighted by atomic mass is 35.5. The number of benzene rings is 1. The minimum absolute atomic E-state index is 0.478. The number of nitrogens with zero attached hydrogens (tertiary/aromatic N) is 1. The summed E-state index contributed by atoms with van der Waals surface area (Å²) in [6.45, 7) is 0. The Bertz CT molecular complexity index is 426. The van der Waals surface area contributed by atoms with Crippen LogP contribution >= 0.6 is 23.2 Å². The molecule has 1 aromatic heterocycles. The van der Waals surface area contributed by atoms with Gasteiger partial charge in [0.15, 0.2) is 5.75 Å². The van der Waals surface area contributed by atoms with E-state index in [1.165, 1.54) is 4.73 Å². The Morgan fingerprint density at radius 2 is 2.14 bits per heavy atom. The number of rotatable bonds is 2. The number of hydrogen-bond acceptors (Lipinski definition) is 1. The monoisotopic (exact) mass is 226 g/mol. The summed E-state index contributed by atoms with van der Waals surface area (Å²) in [6, 6.07) is 9.65. The molecule has 1 heterocycles. The highest BCUT2D eigenvalue weighted by molar-refractivity contribution is 6.35. The minimum Gasteiger partial charge on any atom is -0.374 e. The van der Waals surface area contributed by atoms with Gasteiger partial charge < -0.3 is 4.84 Å². The molecule has 0 amide bonds. The van der Waals surface area contributed by atoms with Crippen molar-refractivity contribution in [1.29, 1.82) is 0 Å². The molecular weight excluding hydrogens is 221 g/mol. The second kappa shape index (κ2) is 3.95. The molecule has 4 heteroatoms. The zero-order valence-corrected chi connectivity index (χ0v) is 8.59. The SMILES string of the molecule is Clc1ccc(On2c[c]cc2)c(Cl)c1. The molecule has 0 saturated carbocycles. The van der Waals surface area contributed by atoms with Gasteiger partial charge in [-0.25, -0.2) is 0 Å². The predicted octanol–water partition coefficient (Wildman–Crippen LogP) is 3.44. The summed E-state index contributed by atoms with van der Waals surface area (Å²) in [6.07, 6.45) is 3.38. The molecule has 0 aliphatic carbocycles. The fourth-order valence-electron chi connectivity index (χ4n) is 0.996. The quantitative estimate of drug-likeness (QED) is 0.766. The molecule has 0 atom stereocenters. The van der Waals surface area contributed by atoms with Crippen LogP contribution in [0.15, 0.2) is 36.7 Å². The fourth-order valence-corrected chi connectivity index (χ4v) is 1.44. The maximum Gasteiger partial charge on any atom is 0.174 e. The zero-order chi connectivity index (χ0) is 9.97. The van der Waals surface area contributed by atoms with Gasteiger partial charge in [-0.05, 0) is 24.3 Å². The van der Waals surface area contributed by atoms with E-state index in [4.69, 9.17) is 28.0 Å². The Kier molecular flexibility index (Phi) is 2.66. The zero-order valence-electron chi connectivity index (χ0n) is 7.08. The summed E-state index contributed by atoms with van der Waals surface area (Å²) in [5, 5.41) is 1.06. The topological polar surface area (TPSA) is 14.2 Å². The van der Waals surface area contributed by atoms with Crippen LogP contribution in [0.1, 0.15) is 0 Å². The molecule has 0 N–H and O–H groups in total. The van der Waals surface area contributed by atoms with Crippen molar-refractivity contribution in [3.63, 3.8) is 0 Å². The minimum atomic E-state index is 0.478. The third-order valence-corrected chi connectivity index (χ3v) is 2.15. The van der Waals surface area contributed by atoms with E-state index in [0.717, 1.165) is 0 Å². The van der Waals surface area contributed by atoms with E-state index in [0.29, 0.717) is 15.8 Å². The summed E-state index contributed by atoms with van der Waals surface area (Å²) >= 11 is 11.7. The van der Waals surface area contributed by atoms with Gasteiger partial charge in [-0.2, -0.15) is 4.73 Å². The summed E-state index contributed by atoms with van der Waals surface area (Å²) in [5.41, 5.74) is 0. The van der Waals surface area contributed by atoms with E-state index in [1.807, 2.05) is 0 Å². The lowest BCUT2D eigenvalue weighted by Gasteiger charge is -2.07. The van der Waals surface area contributed by atoms with Gasteiger partial charge >= 0.3 is 0 Å². The van der Waals surface area contributed by atoms with Gasteiger partial charge in [0.2, 0.25) is 0 Å². The molecule has 0 bridgehead atoms. The van der Waals surface area contributed by atoms with Gasteiger partial charge in [0.1, 0.15) is 0 Å². The van der Waals surface area contributed by atoms with Crippen molar-refractivity contribution in [3.8, 4) is 5.75 Å². The van der Waals surface area contributed by atoms with Crippen LogP contribution in [0.2, 0.25) is 10.0 Å². The Morgan fingerprint density at radius 1 is 1.29 bits per heavy atom. The lowest BCUT2D eigenvalue weighted by Crippen LogP contribution is -2.01. The Hall–Kier alpha value is -1.12. The third-order valence-electron chi connectivity index (χ3n) is 1.62. The van der Waals surface area contributed by atoms with Crippen LogP contribution in [0.3, 0.4) is 0 Å². The average molecular weight is 227 g/mol. The van der Waals surface area contributed by atoms with E-state index < -0.39 is 0 Å². The summed E-state index contributed by atoms with van der Waals surface area (Å²) in [7, 11) is 0. The lowest BCUT2D eigenvalue weighted by molar-refractivity contribution is 0.217. The smallest absolute Gasteiger partial charge is 0.174 e. The van der Waals surface area contributed by atoms with E-state index in [9.17, 15) is 0 Å². The number of halogens is 2. The Labute approximate surface area is 91.6 Å². The fraction of sp³-hybridized carbons (Fsp3) is 0. The second-order valence-electron chi connectivity index (χ2n) is 2.64. The highest BCUT2D eigenvalue weighted by Crippen LogP contribution is 2.27. The summed E-state index contributed by atoms with van der Waals surface area (Å²) < 4.78 is 1.51. The third kappa shape index (κ3) is 2.03. The largest absolute Gasteiger partial charge is 0.374 e. The summed E-state index contributed by atoms with van der Waals surface area (Å²) in [5.74, 6) is 0.556. The molecule has 71 valence electrons. The van der Waals surface area contributed by atoms with E-state index in [2.05, 4.69) is 6.07 Å². The van der Waals surface area contributed by atoms with Gasteiger partial charge in [-0.15, -0.1) is 0 Å². The number of hydrogen-bond donors (Lipinski definition) is 0. The molecule has 0 saturated heterocycles. The lowest BCUT2D eigenvalue weighted by atomic mass is 10.3. The van der Waals surface area contributed by atoms with Crippen molar-refractivity contribution in [2.75, 3.05) is 0 Å². The van der Waals surface area contributed by atoms with Gasteiger partial charge in [0.05, 0.1) is 11.2 Å². The first-order valence-corrected chi connectivity index (χ1v) is 4.69. The van der Waals surface area contributed by atoms with Gasteiger partial charge in [-0.1, -0.05) is 23.2 Å².